The summed E-state index contributed by atoms with van der Waals surface area (Å²) in [5, 5.41) is 9.22. The first-order valence-electron chi connectivity index (χ1n) is 8.89. The van der Waals surface area contributed by atoms with Gasteiger partial charge in [-0.1, -0.05) is 25.4 Å². The van der Waals surface area contributed by atoms with Crippen LogP contribution in [0.5, 0.6) is 0 Å². The second-order valence-corrected chi connectivity index (χ2v) is 6.70. The lowest BCUT2D eigenvalue weighted by atomic mass is 10.0. The van der Waals surface area contributed by atoms with E-state index < -0.39 is 5.97 Å². The van der Waals surface area contributed by atoms with Gasteiger partial charge < -0.3 is 19.5 Å². The number of imidazole rings is 1. The summed E-state index contributed by atoms with van der Waals surface area (Å²) >= 11 is 5.96. The van der Waals surface area contributed by atoms with Gasteiger partial charge in [0.25, 0.3) is 0 Å². The second-order valence-electron chi connectivity index (χ2n) is 6.31. The van der Waals surface area contributed by atoms with Gasteiger partial charge in [-0.05, 0) is 25.9 Å². The number of likely N-dealkylation sites (tertiary alicyclic amines) is 1. The molecule has 2 rings (SSSR count). The fraction of sp³-hybridized carbons (Fsp3) is 0.706. The highest BCUT2D eigenvalue weighted by Gasteiger charge is 2.25. The molecule has 0 radical (unpaired) electrons. The van der Waals surface area contributed by atoms with E-state index in [0.29, 0.717) is 24.7 Å². The Hall–Kier alpha value is -1.60. The lowest BCUT2D eigenvalue weighted by Crippen LogP contribution is -2.46. The number of carbonyl (C=O) groups is 2. The highest BCUT2D eigenvalue weighted by molar-refractivity contribution is 6.29. The molecule has 1 fully saturated rings. The van der Waals surface area contributed by atoms with Crippen molar-refractivity contribution < 1.29 is 14.7 Å². The number of aryl methyl sites for hydroxylation is 1. The molecule has 2 heterocycles. The average molecular weight is 371 g/mol. The number of nitrogens with zero attached hydrogens (tertiary/aromatic N) is 4. The van der Waals surface area contributed by atoms with Crippen LogP contribution in [0, 0.1) is 0 Å². The third-order valence-corrected chi connectivity index (χ3v) is 5.19. The third kappa shape index (κ3) is 5.19. The maximum atomic E-state index is 12.5. The van der Waals surface area contributed by atoms with E-state index >= 15 is 0 Å². The van der Waals surface area contributed by atoms with E-state index in [1.54, 1.807) is 0 Å². The molecule has 1 aromatic rings. The maximum absolute atomic E-state index is 12.5. The molecule has 0 bridgehead atoms. The van der Waals surface area contributed by atoms with Crippen LogP contribution >= 0.6 is 11.6 Å². The first kappa shape index (κ1) is 19.7. The largest absolute Gasteiger partial charge is 0.480 e. The van der Waals surface area contributed by atoms with E-state index in [9.17, 15) is 9.59 Å². The predicted octanol–water partition coefficient (Wildman–Crippen LogP) is 1.89. The Bertz CT molecular complexity index is 593. The van der Waals surface area contributed by atoms with Crippen molar-refractivity contribution in [2.24, 2.45) is 0 Å². The predicted molar refractivity (Wildman–Crippen MR) is 95.7 cm³/mol. The zero-order valence-electron chi connectivity index (χ0n) is 14.9. The van der Waals surface area contributed by atoms with Crippen molar-refractivity contribution in [3.63, 3.8) is 0 Å². The Morgan fingerprint density at radius 3 is 2.52 bits per heavy atom. The zero-order valence-corrected chi connectivity index (χ0v) is 15.7. The highest BCUT2D eigenvalue weighted by atomic mass is 35.5. The summed E-state index contributed by atoms with van der Waals surface area (Å²) in [7, 11) is 0. The molecule has 0 unspecified atom stereocenters. The zero-order chi connectivity index (χ0) is 18.4. The minimum atomic E-state index is -0.981. The SMILES string of the molecule is CCN(CC)C1CCN(C(=O)CCc2ncc(Cl)n2CC(=O)O)CC1. The van der Waals surface area contributed by atoms with E-state index in [1.165, 1.54) is 10.8 Å². The number of piperidine rings is 1. The number of aliphatic carboxylic acids is 1. The number of hydrogen-bond donors (Lipinski definition) is 1. The van der Waals surface area contributed by atoms with Gasteiger partial charge in [-0.15, -0.1) is 0 Å². The van der Waals surface area contributed by atoms with Crippen LogP contribution in [-0.2, 0) is 22.6 Å². The summed E-state index contributed by atoms with van der Waals surface area (Å²) in [6, 6.07) is 0.562. The number of amides is 1. The van der Waals surface area contributed by atoms with Crippen molar-refractivity contribution in [2.75, 3.05) is 26.2 Å². The number of halogens is 1. The number of carbonyl (C=O) groups excluding carboxylic acids is 1. The normalized spacial score (nSPS) is 15.8. The molecule has 8 heteroatoms. The Morgan fingerprint density at radius 1 is 1.32 bits per heavy atom. The minimum absolute atomic E-state index is 0.0963. The highest BCUT2D eigenvalue weighted by Crippen LogP contribution is 2.18. The number of hydrogen-bond acceptors (Lipinski definition) is 4. The molecule has 1 aromatic heterocycles. The quantitative estimate of drug-likeness (QED) is 0.756. The van der Waals surface area contributed by atoms with Crippen LogP contribution in [0.2, 0.25) is 5.15 Å². The summed E-state index contributed by atoms with van der Waals surface area (Å²) in [6.07, 6.45) is 4.16. The van der Waals surface area contributed by atoms with Crippen LogP contribution in [0.15, 0.2) is 6.20 Å². The fourth-order valence-corrected chi connectivity index (χ4v) is 3.70. The van der Waals surface area contributed by atoms with Gasteiger partial charge in [0.05, 0.1) is 6.20 Å². The summed E-state index contributed by atoms with van der Waals surface area (Å²) in [5.41, 5.74) is 0. The van der Waals surface area contributed by atoms with Crippen molar-refractivity contribution in [1.29, 1.82) is 0 Å². The van der Waals surface area contributed by atoms with Gasteiger partial charge in [0.15, 0.2) is 0 Å². The Kier molecular flexibility index (Phi) is 7.25. The van der Waals surface area contributed by atoms with E-state index in [0.717, 1.165) is 39.0 Å². The molecule has 0 aliphatic carbocycles. The molecular formula is C17H27ClN4O3. The molecule has 1 aliphatic rings. The monoisotopic (exact) mass is 370 g/mol. The van der Waals surface area contributed by atoms with Crippen molar-refractivity contribution in [2.45, 2.75) is 52.1 Å². The smallest absolute Gasteiger partial charge is 0.323 e. The number of carboxylic acid groups (broad SMARTS) is 1. The van der Waals surface area contributed by atoms with Crippen LogP contribution in [0.4, 0.5) is 0 Å². The van der Waals surface area contributed by atoms with Crippen molar-refractivity contribution in [1.82, 2.24) is 19.4 Å². The van der Waals surface area contributed by atoms with E-state index in [4.69, 9.17) is 16.7 Å². The Balaban J connectivity index is 1.85. The maximum Gasteiger partial charge on any atom is 0.323 e. The van der Waals surface area contributed by atoms with Gasteiger partial charge in [0, 0.05) is 32.0 Å². The summed E-state index contributed by atoms with van der Waals surface area (Å²) in [5.74, 6) is -0.344. The fourth-order valence-electron chi connectivity index (χ4n) is 3.49. The first-order valence-corrected chi connectivity index (χ1v) is 9.27. The molecule has 0 aromatic carbocycles. The molecule has 7 nitrogen and oxygen atoms in total. The van der Waals surface area contributed by atoms with Crippen molar-refractivity contribution in [3.05, 3.63) is 17.2 Å². The molecule has 1 N–H and O–H groups in total. The molecule has 1 saturated heterocycles. The third-order valence-electron chi connectivity index (χ3n) is 4.89. The Morgan fingerprint density at radius 2 is 1.96 bits per heavy atom. The summed E-state index contributed by atoms with van der Waals surface area (Å²) < 4.78 is 1.43. The summed E-state index contributed by atoms with van der Waals surface area (Å²) in [4.78, 5) is 31.9. The number of aromatic nitrogens is 2. The van der Waals surface area contributed by atoms with Gasteiger partial charge in [0.1, 0.15) is 17.5 Å². The average Bonchev–Trinajstić information content (AvgIpc) is 2.94. The topological polar surface area (TPSA) is 78.7 Å². The second kappa shape index (κ2) is 9.20. The van der Waals surface area contributed by atoms with Crippen LogP contribution in [0.1, 0.15) is 38.9 Å². The molecule has 1 aliphatic heterocycles. The molecule has 0 spiro atoms. The van der Waals surface area contributed by atoms with Crippen LogP contribution in [-0.4, -0.2) is 68.6 Å². The lowest BCUT2D eigenvalue weighted by molar-refractivity contribution is -0.137. The molecular weight excluding hydrogens is 344 g/mol. The number of carboxylic acids is 1. The number of rotatable bonds is 8. The van der Waals surface area contributed by atoms with Crippen molar-refractivity contribution in [3.8, 4) is 0 Å². The minimum Gasteiger partial charge on any atom is -0.480 e. The van der Waals surface area contributed by atoms with Crippen LogP contribution < -0.4 is 0 Å². The van der Waals surface area contributed by atoms with Crippen LogP contribution in [0.25, 0.3) is 0 Å². The van der Waals surface area contributed by atoms with Gasteiger partial charge in [-0.2, -0.15) is 0 Å². The Labute approximate surface area is 153 Å². The van der Waals surface area contributed by atoms with Gasteiger partial charge >= 0.3 is 5.97 Å². The van der Waals surface area contributed by atoms with E-state index in [1.807, 2.05) is 4.90 Å². The molecule has 140 valence electrons. The lowest BCUT2D eigenvalue weighted by Gasteiger charge is -2.37. The standard InChI is InChI=1S/C17H27ClN4O3/c1-3-20(4-2)13-7-9-21(10-8-13)16(23)6-5-15-19-11-14(18)22(15)12-17(24)25/h11,13H,3-10,12H2,1-2H3,(H,24,25). The van der Waals surface area contributed by atoms with Crippen LogP contribution in [0.3, 0.4) is 0 Å². The van der Waals surface area contributed by atoms with Crippen molar-refractivity contribution >= 4 is 23.5 Å². The van der Waals surface area contributed by atoms with E-state index in [2.05, 4.69) is 23.7 Å². The molecule has 0 atom stereocenters. The van der Waals surface area contributed by atoms with Gasteiger partial charge in [0.2, 0.25) is 5.91 Å². The van der Waals surface area contributed by atoms with Gasteiger partial charge in [-0.3, -0.25) is 9.59 Å². The van der Waals surface area contributed by atoms with Gasteiger partial charge in [-0.25, -0.2) is 4.98 Å². The molecule has 1 amide bonds. The molecule has 0 saturated carbocycles. The first-order chi connectivity index (χ1) is 12.0. The van der Waals surface area contributed by atoms with E-state index in [-0.39, 0.29) is 17.6 Å². The molecule has 25 heavy (non-hydrogen) atoms. The summed E-state index contributed by atoms with van der Waals surface area (Å²) in [6.45, 7) is 7.76.